The molecule has 3 N–H and O–H groups in total. The first-order chi connectivity index (χ1) is 9.20. The molecule has 108 valence electrons. The van der Waals surface area contributed by atoms with Crippen LogP contribution in [-0.2, 0) is 0 Å². The number of carbonyl (C=O) groups excluding carboxylic acids is 2. The average molecular weight is 270 g/mol. The minimum absolute atomic E-state index is 0.00243. The van der Waals surface area contributed by atoms with Crippen LogP contribution in [0.25, 0.3) is 0 Å². The molecule has 0 spiro atoms. The molecule has 0 saturated carbocycles. The molecule has 2 saturated heterocycles. The third-order valence-corrected chi connectivity index (χ3v) is 3.35. The largest absolute Gasteiger partial charge is 0.336 e. The van der Waals surface area contributed by atoms with Crippen molar-refractivity contribution in [3.63, 3.8) is 0 Å². The molecule has 2 fully saturated rings. The van der Waals surface area contributed by atoms with Crippen LogP contribution in [0, 0.1) is 0 Å². The van der Waals surface area contributed by atoms with Gasteiger partial charge >= 0.3 is 12.1 Å². The first-order valence-electron chi connectivity index (χ1n) is 6.69. The molecule has 19 heavy (non-hydrogen) atoms. The second-order valence-corrected chi connectivity index (χ2v) is 4.69. The summed E-state index contributed by atoms with van der Waals surface area (Å²) in [5.41, 5.74) is 0. The van der Waals surface area contributed by atoms with Crippen LogP contribution in [-0.4, -0.2) is 79.5 Å². The van der Waals surface area contributed by atoms with Crippen molar-refractivity contribution in [3.8, 4) is 0 Å². The van der Waals surface area contributed by atoms with Gasteiger partial charge in [0.1, 0.15) is 0 Å². The first kappa shape index (κ1) is 13.9. The molecule has 0 atom stereocenters. The van der Waals surface area contributed by atoms with Crippen molar-refractivity contribution >= 4 is 12.1 Å². The van der Waals surface area contributed by atoms with Crippen molar-refractivity contribution in [1.82, 2.24) is 30.7 Å². The van der Waals surface area contributed by atoms with E-state index < -0.39 is 0 Å². The fraction of sp³-hybridized carbons (Fsp3) is 0.818. The highest BCUT2D eigenvalue weighted by Gasteiger charge is 2.22. The van der Waals surface area contributed by atoms with Crippen LogP contribution in [0.3, 0.4) is 0 Å². The lowest BCUT2D eigenvalue weighted by atomic mass is 10.5. The lowest BCUT2D eigenvalue weighted by Gasteiger charge is -2.27. The zero-order chi connectivity index (χ0) is 13.7. The van der Waals surface area contributed by atoms with Crippen molar-refractivity contribution in [1.29, 1.82) is 0 Å². The topological polar surface area (TPSA) is 80.0 Å². The van der Waals surface area contributed by atoms with E-state index in [-0.39, 0.29) is 12.1 Å². The molecule has 4 amide bonds. The van der Waals surface area contributed by atoms with E-state index in [0.29, 0.717) is 26.6 Å². The number of hydrogen-bond donors (Lipinski definition) is 3. The van der Waals surface area contributed by atoms with E-state index in [4.69, 9.17) is 0 Å². The summed E-state index contributed by atoms with van der Waals surface area (Å²) in [5.74, 6) is 0. The maximum atomic E-state index is 11.5. The van der Waals surface area contributed by atoms with Crippen LogP contribution in [0.4, 0.5) is 9.59 Å². The molecule has 0 bridgehead atoms. The van der Waals surface area contributed by atoms with E-state index in [1.54, 1.807) is 9.80 Å². The Balaban J connectivity index is 1.67. The van der Waals surface area contributed by atoms with Crippen LogP contribution in [0.15, 0.2) is 0 Å². The molecule has 0 radical (unpaired) electrons. The maximum absolute atomic E-state index is 11.5. The summed E-state index contributed by atoms with van der Waals surface area (Å²) in [6.07, 6.45) is 0. The van der Waals surface area contributed by atoms with Gasteiger partial charge in [-0.25, -0.2) is 9.59 Å². The maximum Gasteiger partial charge on any atom is 0.318 e. The predicted molar refractivity (Wildman–Crippen MR) is 70.3 cm³/mol. The third-order valence-electron chi connectivity index (χ3n) is 3.35. The van der Waals surface area contributed by atoms with E-state index >= 15 is 0 Å². The molecule has 0 unspecified atom stereocenters. The minimum atomic E-state index is -0.0190. The first-order valence-corrected chi connectivity index (χ1v) is 6.69. The van der Waals surface area contributed by atoms with Gasteiger partial charge in [0.15, 0.2) is 0 Å². The van der Waals surface area contributed by atoms with Crippen LogP contribution in [0.1, 0.15) is 6.92 Å². The summed E-state index contributed by atoms with van der Waals surface area (Å²) in [7, 11) is 0. The van der Waals surface area contributed by atoms with Crippen molar-refractivity contribution in [2.75, 3.05) is 52.7 Å². The molecule has 2 aliphatic heterocycles. The summed E-state index contributed by atoms with van der Waals surface area (Å²) in [6, 6.07) is -0.0214. The third kappa shape index (κ3) is 3.71. The summed E-state index contributed by atoms with van der Waals surface area (Å²) in [4.78, 5) is 28.4. The van der Waals surface area contributed by atoms with Crippen molar-refractivity contribution in [3.05, 3.63) is 0 Å². The van der Waals surface area contributed by atoms with Gasteiger partial charge in [0, 0.05) is 26.2 Å². The monoisotopic (exact) mass is 270 g/mol. The number of nitrogens with one attached hydrogen (secondary N) is 3. The fourth-order valence-corrected chi connectivity index (χ4v) is 2.15. The molecule has 2 aliphatic rings. The Kier molecular flexibility index (Phi) is 4.80. The van der Waals surface area contributed by atoms with Gasteiger partial charge < -0.3 is 20.4 Å². The zero-order valence-corrected chi connectivity index (χ0v) is 11.3. The van der Waals surface area contributed by atoms with Gasteiger partial charge in [-0.1, -0.05) is 6.92 Å². The molecular formula is C11H22N6O2. The normalized spacial score (nSPS) is 19.3. The standard InChI is InChI=1S/C11H22N6O2/c1-2-15(9-17-6-4-14-11(17)19)7-12-8-16-5-3-13-10(16)18/h12H,2-9H2,1H3,(H,13,18)(H,14,19). The molecule has 8 nitrogen and oxygen atoms in total. The van der Waals surface area contributed by atoms with E-state index in [2.05, 4.69) is 27.8 Å². The van der Waals surface area contributed by atoms with Gasteiger partial charge in [-0.2, -0.15) is 0 Å². The second kappa shape index (κ2) is 6.58. The predicted octanol–water partition coefficient (Wildman–Crippen LogP) is -1.18. The number of carbonyl (C=O) groups is 2. The van der Waals surface area contributed by atoms with Crippen molar-refractivity contribution in [2.45, 2.75) is 6.92 Å². The molecule has 0 aromatic heterocycles. The Morgan fingerprint density at radius 1 is 1.16 bits per heavy atom. The quantitative estimate of drug-likeness (QED) is 0.509. The van der Waals surface area contributed by atoms with E-state index in [0.717, 1.165) is 26.2 Å². The SMILES string of the molecule is CCN(CNCN1CCNC1=O)CN1CCNC1=O. The van der Waals surface area contributed by atoms with Crippen LogP contribution >= 0.6 is 0 Å². The molecule has 0 aromatic carbocycles. The van der Waals surface area contributed by atoms with Gasteiger partial charge in [0.05, 0.1) is 20.0 Å². The Morgan fingerprint density at radius 3 is 2.32 bits per heavy atom. The number of urea groups is 2. The van der Waals surface area contributed by atoms with Crippen molar-refractivity contribution < 1.29 is 9.59 Å². The van der Waals surface area contributed by atoms with Crippen molar-refractivity contribution in [2.24, 2.45) is 0 Å². The summed E-state index contributed by atoms with van der Waals surface area (Å²) in [5, 5.41) is 8.77. The Morgan fingerprint density at radius 2 is 1.79 bits per heavy atom. The molecular weight excluding hydrogens is 248 g/mol. The van der Waals surface area contributed by atoms with E-state index in [1.807, 2.05) is 0 Å². The smallest absolute Gasteiger partial charge is 0.318 e. The summed E-state index contributed by atoms with van der Waals surface area (Å²) >= 11 is 0. The van der Waals surface area contributed by atoms with Crippen LogP contribution < -0.4 is 16.0 Å². The highest BCUT2D eigenvalue weighted by molar-refractivity contribution is 5.76. The lowest BCUT2D eigenvalue weighted by Crippen LogP contribution is -2.46. The highest BCUT2D eigenvalue weighted by atomic mass is 16.2. The Labute approximate surface area is 113 Å². The Bertz CT molecular complexity index is 337. The summed E-state index contributed by atoms with van der Waals surface area (Å²) < 4.78 is 0. The van der Waals surface area contributed by atoms with E-state index in [1.165, 1.54) is 0 Å². The highest BCUT2D eigenvalue weighted by Crippen LogP contribution is 1.99. The van der Waals surface area contributed by atoms with Crippen LogP contribution in [0.5, 0.6) is 0 Å². The molecule has 2 heterocycles. The molecule has 0 aliphatic carbocycles. The molecule has 8 heteroatoms. The number of nitrogens with zero attached hydrogens (tertiary/aromatic N) is 3. The van der Waals surface area contributed by atoms with Gasteiger partial charge in [-0.15, -0.1) is 0 Å². The number of rotatable bonds is 7. The molecule has 0 aromatic rings. The van der Waals surface area contributed by atoms with Gasteiger partial charge in [0.2, 0.25) is 0 Å². The second-order valence-electron chi connectivity index (χ2n) is 4.69. The van der Waals surface area contributed by atoms with Gasteiger partial charge in [-0.3, -0.25) is 10.2 Å². The lowest BCUT2D eigenvalue weighted by molar-refractivity contribution is 0.148. The minimum Gasteiger partial charge on any atom is -0.336 e. The Hall–Kier alpha value is -1.54. The van der Waals surface area contributed by atoms with Crippen LogP contribution in [0.2, 0.25) is 0 Å². The number of hydrogen-bond acceptors (Lipinski definition) is 4. The van der Waals surface area contributed by atoms with Gasteiger partial charge in [0.25, 0.3) is 0 Å². The molecule has 2 rings (SSSR count). The zero-order valence-electron chi connectivity index (χ0n) is 11.3. The number of amides is 4. The van der Waals surface area contributed by atoms with Gasteiger partial charge in [-0.05, 0) is 6.54 Å². The van der Waals surface area contributed by atoms with E-state index in [9.17, 15) is 9.59 Å². The average Bonchev–Trinajstić information content (AvgIpc) is 2.98. The fourth-order valence-electron chi connectivity index (χ4n) is 2.15. The summed E-state index contributed by atoms with van der Waals surface area (Å²) in [6.45, 7) is 7.64.